The number of hydrogen-bond donors (Lipinski definition) is 1. The molecule has 2 heterocycles. The first-order chi connectivity index (χ1) is 13.9. The predicted octanol–water partition coefficient (Wildman–Crippen LogP) is 5.49. The van der Waals surface area contributed by atoms with E-state index >= 15 is 0 Å². The van der Waals surface area contributed by atoms with Crippen molar-refractivity contribution in [3.05, 3.63) is 79.6 Å². The first-order valence-electron chi connectivity index (χ1n) is 8.72. The monoisotopic (exact) mass is 487 g/mol. The van der Waals surface area contributed by atoms with Crippen LogP contribution in [0.1, 0.15) is 4.88 Å². The van der Waals surface area contributed by atoms with Crippen LogP contribution in [-0.2, 0) is 11.3 Å². The fourth-order valence-corrected chi connectivity index (χ4v) is 4.50. The number of benzene rings is 2. The molecule has 0 unspecified atom stereocenters. The number of nitrogens with zero attached hydrogens (tertiary/aromatic N) is 2. The molecular weight excluding hydrogens is 474 g/mol. The van der Waals surface area contributed by atoms with Crippen LogP contribution in [0, 0.1) is 6.92 Å². The molecule has 0 aliphatic carbocycles. The van der Waals surface area contributed by atoms with Crippen molar-refractivity contribution in [3.63, 3.8) is 0 Å². The summed E-state index contributed by atoms with van der Waals surface area (Å²) >= 11 is 10.8. The van der Waals surface area contributed by atoms with Crippen LogP contribution in [0.3, 0.4) is 0 Å². The van der Waals surface area contributed by atoms with Crippen LogP contribution in [-0.4, -0.2) is 15.5 Å². The van der Waals surface area contributed by atoms with Gasteiger partial charge in [0.15, 0.2) is 0 Å². The van der Waals surface area contributed by atoms with Crippen molar-refractivity contribution in [1.29, 1.82) is 0 Å². The molecule has 8 heteroatoms. The van der Waals surface area contributed by atoms with Crippen molar-refractivity contribution in [3.8, 4) is 11.1 Å². The maximum absolute atomic E-state index is 13.2. The molecule has 0 aliphatic rings. The van der Waals surface area contributed by atoms with E-state index in [1.807, 2.05) is 31.2 Å². The number of aromatic nitrogens is 2. The van der Waals surface area contributed by atoms with E-state index in [9.17, 15) is 9.59 Å². The first-order valence-corrected chi connectivity index (χ1v) is 10.7. The number of amides is 1. The number of anilines is 1. The van der Waals surface area contributed by atoms with Gasteiger partial charge in [0.2, 0.25) is 5.91 Å². The molecule has 0 radical (unpaired) electrons. The molecule has 1 N–H and O–H groups in total. The number of nitrogens with one attached hydrogen (secondary N) is 1. The zero-order valence-corrected chi connectivity index (χ0v) is 18.4. The van der Waals surface area contributed by atoms with Crippen LogP contribution in [0.15, 0.2) is 64.1 Å². The van der Waals surface area contributed by atoms with Gasteiger partial charge in [-0.3, -0.25) is 14.2 Å². The van der Waals surface area contributed by atoms with E-state index in [1.165, 1.54) is 22.2 Å². The summed E-state index contributed by atoms with van der Waals surface area (Å²) in [5.74, 6) is -0.296. The summed E-state index contributed by atoms with van der Waals surface area (Å²) in [7, 11) is 0. The molecule has 0 fully saturated rings. The molecule has 0 aliphatic heterocycles. The van der Waals surface area contributed by atoms with Gasteiger partial charge in [0.25, 0.3) is 5.56 Å². The van der Waals surface area contributed by atoms with Gasteiger partial charge in [-0.05, 0) is 48.9 Å². The number of carbonyl (C=O) groups is 1. The molecule has 4 aromatic rings. The maximum atomic E-state index is 13.2. The maximum Gasteiger partial charge on any atom is 0.263 e. The lowest BCUT2D eigenvalue weighted by atomic mass is 10.0. The fourth-order valence-electron chi connectivity index (χ4n) is 3.10. The highest BCUT2D eigenvalue weighted by molar-refractivity contribution is 9.10. The molecule has 5 nitrogen and oxygen atoms in total. The molecule has 0 bridgehead atoms. The number of aryl methyl sites for hydroxylation is 1. The van der Waals surface area contributed by atoms with Crippen molar-refractivity contribution < 1.29 is 4.79 Å². The summed E-state index contributed by atoms with van der Waals surface area (Å²) in [6.07, 6.45) is 1.42. The van der Waals surface area contributed by atoms with Crippen molar-refractivity contribution >= 4 is 60.7 Å². The van der Waals surface area contributed by atoms with Crippen LogP contribution in [0.5, 0.6) is 0 Å². The Bertz CT molecular complexity index is 1260. The Hall–Kier alpha value is -2.48. The van der Waals surface area contributed by atoms with Crippen LogP contribution >= 0.6 is 38.9 Å². The Morgan fingerprint density at radius 2 is 1.86 bits per heavy atom. The minimum absolute atomic E-state index is 0.118. The summed E-state index contributed by atoms with van der Waals surface area (Å²) in [6, 6.07) is 14.6. The number of fused-ring (bicyclic) bond motifs is 1. The third-order valence-corrected chi connectivity index (χ3v) is 6.22. The van der Waals surface area contributed by atoms with Gasteiger partial charge >= 0.3 is 0 Å². The van der Waals surface area contributed by atoms with E-state index < -0.39 is 0 Å². The topological polar surface area (TPSA) is 64.0 Å². The highest BCUT2D eigenvalue weighted by atomic mass is 79.9. The Labute approximate surface area is 184 Å². The molecule has 146 valence electrons. The van der Waals surface area contributed by atoms with Crippen molar-refractivity contribution in [1.82, 2.24) is 9.55 Å². The smallest absolute Gasteiger partial charge is 0.263 e. The third-order valence-electron chi connectivity index (χ3n) is 4.43. The zero-order chi connectivity index (χ0) is 20.5. The van der Waals surface area contributed by atoms with E-state index in [0.29, 0.717) is 20.9 Å². The number of hydrogen-bond acceptors (Lipinski definition) is 4. The summed E-state index contributed by atoms with van der Waals surface area (Å²) in [5, 5.41) is 3.94. The van der Waals surface area contributed by atoms with Gasteiger partial charge < -0.3 is 5.32 Å². The molecule has 2 aromatic carbocycles. The highest BCUT2D eigenvalue weighted by Gasteiger charge is 2.18. The minimum atomic E-state index is -0.296. The summed E-state index contributed by atoms with van der Waals surface area (Å²) in [4.78, 5) is 31.6. The lowest BCUT2D eigenvalue weighted by Crippen LogP contribution is -2.27. The molecule has 0 saturated heterocycles. The SMILES string of the molecule is Cc1sc2ncn(CC(=O)Nc3ccc(Br)cc3)c(=O)c2c1-c1ccc(Cl)cc1. The molecule has 1 amide bonds. The molecule has 0 spiro atoms. The number of rotatable bonds is 4. The minimum Gasteiger partial charge on any atom is -0.325 e. The second kappa shape index (κ2) is 8.10. The van der Waals surface area contributed by atoms with Gasteiger partial charge in [0, 0.05) is 25.6 Å². The van der Waals surface area contributed by atoms with Crippen LogP contribution in [0.4, 0.5) is 5.69 Å². The molecule has 4 rings (SSSR count). The lowest BCUT2D eigenvalue weighted by Gasteiger charge is -2.08. The van der Waals surface area contributed by atoms with Gasteiger partial charge in [-0.1, -0.05) is 39.7 Å². The summed E-state index contributed by atoms with van der Waals surface area (Å²) in [5.41, 5.74) is 2.15. The molecule has 0 saturated carbocycles. The first kappa shape index (κ1) is 19.8. The second-order valence-electron chi connectivity index (χ2n) is 6.45. The number of carbonyl (C=O) groups excluding carboxylic acids is 1. The number of halogens is 2. The highest BCUT2D eigenvalue weighted by Crippen LogP contribution is 2.35. The van der Waals surface area contributed by atoms with E-state index in [2.05, 4.69) is 26.2 Å². The average Bonchev–Trinajstić information content (AvgIpc) is 3.03. The zero-order valence-electron chi connectivity index (χ0n) is 15.3. The fraction of sp³-hybridized carbons (Fsp3) is 0.0952. The Kier molecular flexibility index (Phi) is 5.54. The largest absolute Gasteiger partial charge is 0.325 e. The van der Waals surface area contributed by atoms with Crippen molar-refractivity contribution in [2.24, 2.45) is 0 Å². The van der Waals surface area contributed by atoms with Gasteiger partial charge in [-0.2, -0.15) is 0 Å². The van der Waals surface area contributed by atoms with Crippen LogP contribution in [0.25, 0.3) is 21.3 Å². The average molecular weight is 489 g/mol. The lowest BCUT2D eigenvalue weighted by molar-refractivity contribution is -0.116. The van der Waals surface area contributed by atoms with Crippen molar-refractivity contribution in [2.75, 3.05) is 5.32 Å². The molecule has 0 atom stereocenters. The predicted molar refractivity (Wildman–Crippen MR) is 122 cm³/mol. The standard InChI is InChI=1S/C21H15BrClN3O2S/c1-12-18(13-2-6-15(23)7-3-13)19-20(29-12)24-11-26(21(19)28)10-17(27)25-16-8-4-14(22)5-9-16/h2-9,11H,10H2,1H3,(H,25,27). The Balaban J connectivity index is 1.69. The molecule has 29 heavy (non-hydrogen) atoms. The normalized spacial score (nSPS) is 11.0. The van der Waals surface area contributed by atoms with Gasteiger partial charge in [0.05, 0.1) is 11.7 Å². The third kappa shape index (κ3) is 4.12. The van der Waals surface area contributed by atoms with Gasteiger partial charge in [-0.25, -0.2) is 4.98 Å². The van der Waals surface area contributed by atoms with Crippen LogP contribution < -0.4 is 10.9 Å². The van der Waals surface area contributed by atoms with Crippen LogP contribution in [0.2, 0.25) is 5.02 Å². The van der Waals surface area contributed by atoms with Crippen molar-refractivity contribution in [2.45, 2.75) is 13.5 Å². The Morgan fingerprint density at radius 1 is 1.17 bits per heavy atom. The van der Waals surface area contributed by atoms with Gasteiger partial charge in [0.1, 0.15) is 11.4 Å². The summed E-state index contributed by atoms with van der Waals surface area (Å²) < 4.78 is 2.26. The quantitative estimate of drug-likeness (QED) is 0.413. The number of thiophene rings is 1. The van der Waals surface area contributed by atoms with E-state index in [-0.39, 0.29) is 18.0 Å². The second-order valence-corrected chi connectivity index (χ2v) is 9.01. The Morgan fingerprint density at radius 3 is 2.55 bits per heavy atom. The van der Waals surface area contributed by atoms with E-state index in [4.69, 9.17) is 11.6 Å². The van der Waals surface area contributed by atoms with E-state index in [1.54, 1.807) is 24.3 Å². The van der Waals surface area contributed by atoms with Gasteiger partial charge in [-0.15, -0.1) is 11.3 Å². The molecular formula is C21H15BrClN3O2S. The molecule has 2 aromatic heterocycles. The van der Waals surface area contributed by atoms with E-state index in [0.717, 1.165) is 20.5 Å². The summed E-state index contributed by atoms with van der Waals surface area (Å²) in [6.45, 7) is 1.84.